The Hall–Kier alpha value is -4.79. The molecule has 3 aromatic rings. The van der Waals surface area contributed by atoms with Crippen molar-refractivity contribution >= 4 is 29.3 Å². The fourth-order valence-corrected chi connectivity index (χ4v) is 4.09. The maximum atomic E-state index is 13.1. The number of hydrogen-bond acceptors (Lipinski definition) is 5. The van der Waals surface area contributed by atoms with Crippen LogP contribution in [0.4, 0.5) is 16.2 Å². The van der Waals surface area contributed by atoms with Crippen molar-refractivity contribution in [2.24, 2.45) is 0 Å². The molecular formula is C29H29N3O6. The Kier molecular flexibility index (Phi) is 8.27. The molecule has 3 amide bonds. The summed E-state index contributed by atoms with van der Waals surface area (Å²) in [7, 11) is 1.51. The minimum Gasteiger partial charge on any atom is -0.495 e. The van der Waals surface area contributed by atoms with Crippen LogP contribution in [0.15, 0.2) is 78.9 Å². The molecule has 0 spiro atoms. The number of rotatable bonds is 9. The minimum atomic E-state index is -1.00. The van der Waals surface area contributed by atoms with Gasteiger partial charge in [-0.15, -0.1) is 0 Å². The van der Waals surface area contributed by atoms with Gasteiger partial charge in [0.05, 0.1) is 30.8 Å². The van der Waals surface area contributed by atoms with E-state index in [1.54, 1.807) is 35.2 Å². The van der Waals surface area contributed by atoms with Crippen molar-refractivity contribution in [2.75, 3.05) is 30.9 Å². The predicted octanol–water partition coefficient (Wildman–Crippen LogP) is 4.73. The summed E-state index contributed by atoms with van der Waals surface area (Å²) in [5, 5.41) is 14.6. The molecule has 196 valence electrons. The lowest BCUT2D eigenvalue weighted by Crippen LogP contribution is -2.40. The smallest absolute Gasteiger partial charge is 0.335 e. The normalized spacial score (nSPS) is 14.2. The molecule has 38 heavy (non-hydrogen) atoms. The van der Waals surface area contributed by atoms with Crippen LogP contribution in [0.25, 0.3) is 0 Å². The molecule has 1 aliphatic heterocycles. The standard InChI is InChI=1S/C29H29N3O6/c1-19-6-3-4-8-24(19)30-29(36)31-25-14-9-20(16-26(25)37-2)17-27(33)32-15-5-7-22(32)18-38-23-12-10-21(11-13-23)28(34)35/h3-14,16,22H,15,17-18H2,1-2H3,(H,34,35)(H2,30,31,36)/t22-/m0/s1. The van der Waals surface area contributed by atoms with Gasteiger partial charge >= 0.3 is 12.0 Å². The first-order valence-electron chi connectivity index (χ1n) is 12.1. The molecule has 0 aromatic heterocycles. The molecule has 9 heteroatoms. The molecular weight excluding hydrogens is 486 g/mol. The van der Waals surface area contributed by atoms with Gasteiger partial charge in [-0.05, 0) is 60.5 Å². The van der Waals surface area contributed by atoms with E-state index in [0.29, 0.717) is 29.4 Å². The van der Waals surface area contributed by atoms with E-state index in [1.807, 2.05) is 43.3 Å². The summed E-state index contributed by atoms with van der Waals surface area (Å²) in [4.78, 5) is 38.3. The molecule has 1 aliphatic rings. The maximum absolute atomic E-state index is 13.1. The second-order valence-corrected chi connectivity index (χ2v) is 8.79. The van der Waals surface area contributed by atoms with E-state index in [9.17, 15) is 14.4 Å². The Bertz CT molecular complexity index is 1350. The zero-order chi connectivity index (χ0) is 27.1. The van der Waals surface area contributed by atoms with Crippen molar-refractivity contribution < 1.29 is 29.0 Å². The van der Waals surface area contributed by atoms with Crippen LogP contribution in [-0.4, -0.2) is 54.2 Å². The number of nitrogens with zero attached hydrogens (tertiary/aromatic N) is 1. The van der Waals surface area contributed by atoms with Crippen LogP contribution in [0.2, 0.25) is 0 Å². The second-order valence-electron chi connectivity index (χ2n) is 8.79. The lowest BCUT2D eigenvalue weighted by molar-refractivity contribution is -0.131. The molecule has 0 fully saturated rings. The van der Waals surface area contributed by atoms with Gasteiger partial charge in [-0.25, -0.2) is 9.59 Å². The maximum Gasteiger partial charge on any atom is 0.335 e. The van der Waals surface area contributed by atoms with Gasteiger partial charge in [-0.2, -0.15) is 0 Å². The van der Waals surface area contributed by atoms with Gasteiger partial charge in [-0.1, -0.05) is 36.4 Å². The largest absolute Gasteiger partial charge is 0.495 e. The van der Waals surface area contributed by atoms with Crippen LogP contribution < -0.4 is 20.1 Å². The van der Waals surface area contributed by atoms with Crippen LogP contribution in [0.1, 0.15) is 21.5 Å². The molecule has 4 rings (SSSR count). The van der Waals surface area contributed by atoms with Crippen molar-refractivity contribution in [1.29, 1.82) is 0 Å². The van der Waals surface area contributed by atoms with Crippen LogP contribution in [0.5, 0.6) is 11.5 Å². The number of carbonyl (C=O) groups excluding carboxylic acids is 2. The highest BCUT2D eigenvalue weighted by atomic mass is 16.5. The summed E-state index contributed by atoms with van der Waals surface area (Å²) in [5.41, 5.74) is 3.06. The molecule has 0 bridgehead atoms. The van der Waals surface area contributed by atoms with Gasteiger partial charge in [0.15, 0.2) is 0 Å². The van der Waals surface area contributed by atoms with Crippen molar-refractivity contribution in [3.8, 4) is 11.5 Å². The fourth-order valence-electron chi connectivity index (χ4n) is 4.09. The van der Waals surface area contributed by atoms with Crippen LogP contribution in [0.3, 0.4) is 0 Å². The van der Waals surface area contributed by atoms with Gasteiger partial charge in [0.2, 0.25) is 5.91 Å². The van der Waals surface area contributed by atoms with E-state index < -0.39 is 12.0 Å². The number of ether oxygens (including phenoxy) is 2. The Morgan fingerprint density at radius 2 is 1.74 bits per heavy atom. The van der Waals surface area contributed by atoms with E-state index in [1.165, 1.54) is 19.2 Å². The number of carboxylic acid groups (broad SMARTS) is 1. The number of amides is 3. The number of carbonyl (C=O) groups is 3. The Labute approximate surface area is 220 Å². The molecule has 0 aliphatic carbocycles. The average Bonchev–Trinajstić information content (AvgIpc) is 3.39. The fraction of sp³-hybridized carbons (Fsp3) is 0.207. The number of methoxy groups -OCH3 is 1. The van der Waals surface area contributed by atoms with Crippen molar-refractivity contribution in [3.05, 3.63) is 95.6 Å². The molecule has 9 nitrogen and oxygen atoms in total. The lowest BCUT2D eigenvalue weighted by atomic mass is 10.1. The molecule has 0 radical (unpaired) electrons. The monoisotopic (exact) mass is 515 g/mol. The minimum absolute atomic E-state index is 0.0788. The van der Waals surface area contributed by atoms with Crippen molar-refractivity contribution in [1.82, 2.24) is 4.90 Å². The highest BCUT2D eigenvalue weighted by molar-refractivity contribution is 6.01. The number of aryl methyl sites for hydroxylation is 1. The number of urea groups is 1. The third-order valence-electron chi connectivity index (χ3n) is 6.17. The number of benzene rings is 3. The third kappa shape index (κ3) is 6.50. The number of para-hydroxylation sites is 1. The molecule has 1 atom stereocenters. The molecule has 1 heterocycles. The van der Waals surface area contributed by atoms with E-state index in [-0.39, 0.29) is 30.5 Å². The summed E-state index contributed by atoms with van der Waals surface area (Å²) in [6, 6.07) is 18.2. The number of hydrogen-bond donors (Lipinski definition) is 3. The third-order valence-corrected chi connectivity index (χ3v) is 6.17. The molecule has 0 unspecified atom stereocenters. The molecule has 0 saturated carbocycles. The van der Waals surface area contributed by atoms with E-state index in [4.69, 9.17) is 14.6 Å². The van der Waals surface area contributed by atoms with Gasteiger partial charge in [0.25, 0.3) is 0 Å². The lowest BCUT2D eigenvalue weighted by Gasteiger charge is -2.25. The Morgan fingerprint density at radius 3 is 2.45 bits per heavy atom. The average molecular weight is 516 g/mol. The van der Waals surface area contributed by atoms with Crippen LogP contribution in [0, 0.1) is 6.92 Å². The SMILES string of the molecule is COc1cc(CC(=O)N2CC=C[C@H]2COc2ccc(C(=O)O)cc2)ccc1NC(=O)Nc1ccccc1C. The number of anilines is 2. The first-order valence-corrected chi connectivity index (χ1v) is 12.1. The summed E-state index contributed by atoms with van der Waals surface area (Å²) in [6.45, 7) is 2.63. The van der Waals surface area contributed by atoms with Crippen LogP contribution >= 0.6 is 0 Å². The zero-order valence-corrected chi connectivity index (χ0v) is 21.1. The van der Waals surface area contributed by atoms with E-state index in [2.05, 4.69) is 10.6 Å². The predicted molar refractivity (Wildman–Crippen MR) is 144 cm³/mol. The number of aromatic carboxylic acids is 1. The number of carboxylic acids is 1. The molecule has 3 aromatic carbocycles. The van der Waals surface area contributed by atoms with E-state index in [0.717, 1.165) is 11.1 Å². The summed E-state index contributed by atoms with van der Waals surface area (Å²) in [5.74, 6) is -0.107. The number of nitrogens with one attached hydrogen (secondary N) is 2. The quantitative estimate of drug-likeness (QED) is 0.355. The molecule has 3 N–H and O–H groups in total. The first kappa shape index (κ1) is 26.3. The Balaban J connectivity index is 1.34. The van der Waals surface area contributed by atoms with Gasteiger partial charge in [0, 0.05) is 12.2 Å². The van der Waals surface area contributed by atoms with Gasteiger partial charge in [-0.3, -0.25) is 4.79 Å². The highest BCUT2D eigenvalue weighted by Gasteiger charge is 2.25. The van der Waals surface area contributed by atoms with Crippen molar-refractivity contribution in [2.45, 2.75) is 19.4 Å². The van der Waals surface area contributed by atoms with Gasteiger partial charge in [0.1, 0.15) is 18.1 Å². The second kappa shape index (κ2) is 12.0. The highest BCUT2D eigenvalue weighted by Crippen LogP contribution is 2.27. The Morgan fingerprint density at radius 1 is 1.00 bits per heavy atom. The van der Waals surface area contributed by atoms with Gasteiger partial charge < -0.3 is 30.1 Å². The summed E-state index contributed by atoms with van der Waals surface area (Å²) >= 11 is 0. The van der Waals surface area contributed by atoms with Crippen LogP contribution in [-0.2, 0) is 11.2 Å². The topological polar surface area (TPSA) is 117 Å². The molecule has 0 saturated heterocycles. The summed E-state index contributed by atoms with van der Waals surface area (Å²) < 4.78 is 11.3. The van der Waals surface area contributed by atoms with E-state index >= 15 is 0 Å². The first-order chi connectivity index (χ1) is 18.3. The zero-order valence-electron chi connectivity index (χ0n) is 21.1. The van der Waals surface area contributed by atoms with Crippen molar-refractivity contribution in [3.63, 3.8) is 0 Å². The summed E-state index contributed by atoms with van der Waals surface area (Å²) in [6.07, 6.45) is 3.99.